The highest BCUT2D eigenvalue weighted by Crippen LogP contribution is 2.09. The molecule has 0 radical (unpaired) electrons. The van der Waals surface area contributed by atoms with Crippen molar-refractivity contribution in [3.8, 4) is 0 Å². The maximum Gasteiger partial charge on any atom is 0.0434 e. The summed E-state index contributed by atoms with van der Waals surface area (Å²) in [7, 11) is 0. The summed E-state index contributed by atoms with van der Waals surface area (Å²) in [6.07, 6.45) is 4.78. The van der Waals surface area contributed by atoms with Crippen molar-refractivity contribution >= 4 is 0 Å². The Bertz CT molecular complexity index is 142. The van der Waals surface area contributed by atoms with E-state index in [2.05, 4.69) is 17.6 Å². The van der Waals surface area contributed by atoms with Crippen molar-refractivity contribution in [1.82, 2.24) is 10.6 Å². The molecule has 3 nitrogen and oxygen atoms in total. The van der Waals surface area contributed by atoms with E-state index in [-0.39, 0.29) is 0 Å². The number of nitrogens with one attached hydrogen (secondary N) is 2. The Morgan fingerprint density at radius 2 is 2.40 bits per heavy atom. The van der Waals surface area contributed by atoms with Crippen molar-refractivity contribution in [3.05, 3.63) is 0 Å². The zero-order valence-electron chi connectivity index (χ0n) is 9.97. The fourth-order valence-corrected chi connectivity index (χ4v) is 2.22. The van der Waals surface area contributed by atoms with Gasteiger partial charge in [-0.1, -0.05) is 13.3 Å². The lowest BCUT2D eigenvalue weighted by Crippen LogP contribution is -2.37. The molecule has 3 N–H and O–H groups in total. The van der Waals surface area contributed by atoms with Crippen molar-refractivity contribution in [3.63, 3.8) is 0 Å². The molecule has 1 saturated heterocycles. The van der Waals surface area contributed by atoms with Crippen LogP contribution in [0.2, 0.25) is 0 Å². The van der Waals surface area contributed by atoms with Crippen LogP contribution in [-0.2, 0) is 0 Å². The van der Waals surface area contributed by atoms with Gasteiger partial charge in [-0.2, -0.15) is 0 Å². The number of aliphatic hydroxyl groups excluding tert-OH is 1. The number of piperidine rings is 1. The summed E-state index contributed by atoms with van der Waals surface area (Å²) in [5.74, 6) is 1.46. The zero-order chi connectivity index (χ0) is 10.9. The quantitative estimate of drug-likeness (QED) is 0.592. The number of hydrogen-bond donors (Lipinski definition) is 3. The van der Waals surface area contributed by atoms with Gasteiger partial charge < -0.3 is 15.7 Å². The number of hydrogen-bond acceptors (Lipinski definition) is 3. The van der Waals surface area contributed by atoms with E-state index in [1.165, 1.54) is 25.9 Å². The van der Waals surface area contributed by atoms with E-state index in [9.17, 15) is 0 Å². The molecular formula is C12H26N2O. The number of aliphatic hydroxyl groups is 1. The van der Waals surface area contributed by atoms with Gasteiger partial charge in [-0.25, -0.2) is 0 Å². The SMILES string of the molecule is CCC(CCO)CNCC1CCCNC1. The molecule has 0 aromatic heterocycles. The van der Waals surface area contributed by atoms with Gasteiger partial charge in [0.25, 0.3) is 0 Å². The van der Waals surface area contributed by atoms with Crippen LogP contribution in [0.4, 0.5) is 0 Å². The average Bonchev–Trinajstić information content (AvgIpc) is 2.29. The Morgan fingerprint density at radius 3 is 3.00 bits per heavy atom. The second kappa shape index (κ2) is 8.08. The Labute approximate surface area is 93.6 Å². The predicted octanol–water partition coefficient (Wildman–Crippen LogP) is 0.984. The van der Waals surface area contributed by atoms with E-state index in [1.807, 2.05) is 0 Å². The second-order valence-electron chi connectivity index (χ2n) is 4.66. The van der Waals surface area contributed by atoms with Crippen LogP contribution in [0, 0.1) is 11.8 Å². The minimum absolute atomic E-state index is 0.325. The van der Waals surface area contributed by atoms with Gasteiger partial charge in [0, 0.05) is 6.61 Å². The van der Waals surface area contributed by atoms with Crippen molar-refractivity contribution in [2.45, 2.75) is 32.6 Å². The third-order valence-electron chi connectivity index (χ3n) is 3.38. The van der Waals surface area contributed by atoms with E-state index in [1.54, 1.807) is 0 Å². The Morgan fingerprint density at radius 1 is 1.53 bits per heavy atom. The summed E-state index contributed by atoms with van der Waals surface area (Å²) < 4.78 is 0. The van der Waals surface area contributed by atoms with E-state index in [0.717, 1.165) is 31.8 Å². The van der Waals surface area contributed by atoms with Crippen molar-refractivity contribution in [2.24, 2.45) is 11.8 Å². The Balaban J connectivity index is 2.03. The van der Waals surface area contributed by atoms with E-state index in [0.29, 0.717) is 12.5 Å². The zero-order valence-corrected chi connectivity index (χ0v) is 9.97. The third kappa shape index (κ3) is 5.50. The first kappa shape index (κ1) is 12.9. The summed E-state index contributed by atoms with van der Waals surface area (Å²) in [5, 5.41) is 15.8. The monoisotopic (exact) mass is 214 g/mol. The van der Waals surface area contributed by atoms with Crippen LogP contribution < -0.4 is 10.6 Å². The first-order chi connectivity index (χ1) is 7.36. The molecule has 0 aliphatic carbocycles. The summed E-state index contributed by atoms with van der Waals surface area (Å²) in [6.45, 7) is 7.08. The van der Waals surface area contributed by atoms with Gasteiger partial charge in [0.2, 0.25) is 0 Å². The van der Waals surface area contributed by atoms with Gasteiger partial charge in [0.1, 0.15) is 0 Å². The first-order valence-electron chi connectivity index (χ1n) is 6.39. The molecule has 0 spiro atoms. The van der Waals surface area contributed by atoms with Crippen LogP contribution in [0.25, 0.3) is 0 Å². The van der Waals surface area contributed by atoms with Crippen molar-refractivity contribution < 1.29 is 5.11 Å². The first-order valence-corrected chi connectivity index (χ1v) is 6.39. The molecular weight excluding hydrogens is 188 g/mol. The molecule has 0 aromatic carbocycles. The van der Waals surface area contributed by atoms with Gasteiger partial charge in [-0.3, -0.25) is 0 Å². The Kier molecular flexibility index (Phi) is 6.98. The highest BCUT2D eigenvalue weighted by molar-refractivity contribution is 4.71. The van der Waals surface area contributed by atoms with Crippen LogP contribution in [0.1, 0.15) is 32.6 Å². The molecule has 90 valence electrons. The third-order valence-corrected chi connectivity index (χ3v) is 3.38. The molecule has 1 aliphatic heterocycles. The van der Waals surface area contributed by atoms with Gasteiger partial charge in [-0.05, 0) is 57.3 Å². The molecule has 2 atom stereocenters. The van der Waals surface area contributed by atoms with Crippen molar-refractivity contribution in [2.75, 3.05) is 32.8 Å². The van der Waals surface area contributed by atoms with E-state index < -0.39 is 0 Å². The highest BCUT2D eigenvalue weighted by atomic mass is 16.3. The molecule has 2 unspecified atom stereocenters. The lowest BCUT2D eigenvalue weighted by molar-refractivity contribution is 0.248. The Hall–Kier alpha value is -0.120. The second-order valence-corrected chi connectivity index (χ2v) is 4.66. The summed E-state index contributed by atoms with van der Waals surface area (Å²) in [5.41, 5.74) is 0. The van der Waals surface area contributed by atoms with Crippen LogP contribution in [-0.4, -0.2) is 37.9 Å². The van der Waals surface area contributed by atoms with Gasteiger partial charge in [0.05, 0.1) is 0 Å². The number of rotatable bonds is 7. The van der Waals surface area contributed by atoms with Crippen molar-refractivity contribution in [1.29, 1.82) is 0 Å². The molecule has 1 heterocycles. The molecule has 1 rings (SSSR count). The standard InChI is InChI=1S/C12H26N2O/c1-2-11(5-7-15)8-14-10-12-4-3-6-13-9-12/h11-15H,2-10H2,1H3. The minimum Gasteiger partial charge on any atom is -0.396 e. The van der Waals surface area contributed by atoms with Crippen LogP contribution >= 0.6 is 0 Å². The summed E-state index contributed by atoms with van der Waals surface area (Å²) >= 11 is 0. The normalized spacial score (nSPS) is 24.0. The summed E-state index contributed by atoms with van der Waals surface area (Å²) in [6, 6.07) is 0. The maximum atomic E-state index is 8.88. The fourth-order valence-electron chi connectivity index (χ4n) is 2.22. The lowest BCUT2D eigenvalue weighted by atomic mass is 9.98. The topological polar surface area (TPSA) is 44.3 Å². The molecule has 0 aromatic rings. The maximum absolute atomic E-state index is 8.88. The van der Waals surface area contributed by atoms with Crippen LogP contribution in [0.3, 0.4) is 0 Å². The smallest absolute Gasteiger partial charge is 0.0434 e. The molecule has 0 bridgehead atoms. The molecule has 1 fully saturated rings. The van der Waals surface area contributed by atoms with E-state index >= 15 is 0 Å². The average molecular weight is 214 g/mol. The largest absolute Gasteiger partial charge is 0.396 e. The van der Waals surface area contributed by atoms with Gasteiger partial charge in [0.15, 0.2) is 0 Å². The predicted molar refractivity (Wildman–Crippen MR) is 63.9 cm³/mol. The minimum atomic E-state index is 0.325. The summed E-state index contributed by atoms with van der Waals surface area (Å²) in [4.78, 5) is 0. The lowest BCUT2D eigenvalue weighted by Gasteiger charge is -2.24. The van der Waals surface area contributed by atoms with Gasteiger partial charge in [-0.15, -0.1) is 0 Å². The molecule has 0 amide bonds. The van der Waals surface area contributed by atoms with Gasteiger partial charge >= 0.3 is 0 Å². The molecule has 15 heavy (non-hydrogen) atoms. The molecule has 3 heteroatoms. The fraction of sp³-hybridized carbons (Fsp3) is 1.00. The van der Waals surface area contributed by atoms with Crippen LogP contribution in [0.15, 0.2) is 0 Å². The molecule has 0 saturated carbocycles. The van der Waals surface area contributed by atoms with E-state index in [4.69, 9.17) is 5.11 Å². The highest BCUT2D eigenvalue weighted by Gasteiger charge is 2.13. The van der Waals surface area contributed by atoms with Crippen LogP contribution in [0.5, 0.6) is 0 Å². The molecule has 1 aliphatic rings.